The van der Waals surface area contributed by atoms with E-state index in [0.717, 1.165) is 27.3 Å². The zero-order valence-corrected chi connectivity index (χ0v) is 16.1. The number of ether oxygens (including phenoxy) is 2. The molecule has 0 amide bonds. The highest BCUT2D eigenvalue weighted by Gasteiger charge is 2.30. The molecule has 1 atom stereocenters. The maximum absolute atomic E-state index is 6.29. The second-order valence-electron chi connectivity index (χ2n) is 7.13. The third-order valence-corrected chi connectivity index (χ3v) is 5.91. The summed E-state index contributed by atoms with van der Waals surface area (Å²) in [5, 5.41) is 0. The fourth-order valence-electron chi connectivity index (χ4n) is 4.18. The molecule has 2 heterocycles. The number of hydrogen-bond acceptors (Lipinski definition) is 3. The Labute approximate surface area is 161 Å². The Kier molecular flexibility index (Phi) is 4.12. The molecule has 0 saturated heterocycles. The lowest BCUT2D eigenvalue weighted by molar-refractivity contribution is 0.0807. The van der Waals surface area contributed by atoms with E-state index in [-0.39, 0.29) is 6.10 Å². The first-order valence-electron chi connectivity index (χ1n) is 9.35. The van der Waals surface area contributed by atoms with E-state index in [1.54, 1.807) is 0 Å². The predicted octanol–water partition coefficient (Wildman–Crippen LogP) is 5.82. The molecule has 3 aromatic rings. The van der Waals surface area contributed by atoms with Crippen LogP contribution in [0.2, 0.25) is 0 Å². The summed E-state index contributed by atoms with van der Waals surface area (Å²) in [4.78, 5) is 4.96. The number of benzene rings is 2. The number of para-hydroxylation sites is 2. The SMILES string of the molecule is Brc1ccc2nc(C3COc4ccccc4O3)n(C3CCCCC3)c2c1. The van der Waals surface area contributed by atoms with Crippen molar-refractivity contribution in [3.63, 3.8) is 0 Å². The molecule has 5 heteroatoms. The number of halogens is 1. The van der Waals surface area contributed by atoms with Crippen molar-refractivity contribution in [1.82, 2.24) is 9.55 Å². The number of rotatable bonds is 2. The summed E-state index contributed by atoms with van der Waals surface area (Å²) in [5.74, 6) is 2.60. The second-order valence-corrected chi connectivity index (χ2v) is 8.04. The highest BCUT2D eigenvalue weighted by Crippen LogP contribution is 2.39. The highest BCUT2D eigenvalue weighted by atomic mass is 79.9. The number of nitrogens with zero attached hydrogens (tertiary/aromatic N) is 2. The summed E-state index contributed by atoms with van der Waals surface area (Å²) in [6.45, 7) is 0.494. The Morgan fingerprint density at radius 3 is 2.65 bits per heavy atom. The first-order valence-corrected chi connectivity index (χ1v) is 10.1. The molecule has 5 rings (SSSR count). The minimum Gasteiger partial charge on any atom is -0.485 e. The zero-order chi connectivity index (χ0) is 17.5. The van der Waals surface area contributed by atoms with E-state index < -0.39 is 0 Å². The summed E-state index contributed by atoms with van der Waals surface area (Å²) in [5.41, 5.74) is 2.21. The minimum absolute atomic E-state index is 0.182. The molecule has 2 aromatic carbocycles. The second kappa shape index (κ2) is 6.62. The molecule has 1 aromatic heterocycles. The Morgan fingerprint density at radius 1 is 1.00 bits per heavy atom. The Bertz CT molecular complexity index is 946. The number of fused-ring (bicyclic) bond motifs is 2. The molecule has 0 spiro atoms. The van der Waals surface area contributed by atoms with Crippen LogP contribution in [-0.4, -0.2) is 16.2 Å². The summed E-state index contributed by atoms with van der Waals surface area (Å²) in [6, 6.07) is 14.7. The quantitative estimate of drug-likeness (QED) is 0.532. The predicted molar refractivity (Wildman–Crippen MR) is 105 cm³/mol. The molecular formula is C21H21BrN2O2. The van der Waals surface area contributed by atoms with Crippen molar-refractivity contribution in [3.05, 3.63) is 52.8 Å². The van der Waals surface area contributed by atoms with Gasteiger partial charge in [-0.25, -0.2) is 4.98 Å². The lowest BCUT2D eigenvalue weighted by Gasteiger charge is -2.30. The van der Waals surface area contributed by atoms with Crippen LogP contribution in [0.25, 0.3) is 11.0 Å². The van der Waals surface area contributed by atoms with Crippen molar-refractivity contribution in [2.45, 2.75) is 44.2 Å². The fraction of sp³-hybridized carbons (Fsp3) is 0.381. The molecule has 1 unspecified atom stereocenters. The molecule has 26 heavy (non-hydrogen) atoms. The van der Waals surface area contributed by atoms with Crippen LogP contribution in [0.4, 0.5) is 0 Å². The summed E-state index contributed by atoms with van der Waals surface area (Å²) < 4.78 is 15.8. The van der Waals surface area contributed by atoms with E-state index in [2.05, 4.69) is 38.7 Å². The molecule has 2 aliphatic rings. The van der Waals surface area contributed by atoms with E-state index in [9.17, 15) is 0 Å². The van der Waals surface area contributed by atoms with E-state index in [1.165, 1.54) is 37.6 Å². The van der Waals surface area contributed by atoms with Crippen LogP contribution in [-0.2, 0) is 0 Å². The smallest absolute Gasteiger partial charge is 0.190 e. The number of imidazole rings is 1. The van der Waals surface area contributed by atoms with Crippen molar-refractivity contribution >= 4 is 27.0 Å². The van der Waals surface area contributed by atoms with E-state index in [1.807, 2.05) is 24.3 Å². The Balaban J connectivity index is 1.61. The average Bonchev–Trinajstić information content (AvgIpc) is 3.07. The Hall–Kier alpha value is -2.01. The molecule has 0 radical (unpaired) electrons. The van der Waals surface area contributed by atoms with E-state index >= 15 is 0 Å². The Morgan fingerprint density at radius 2 is 1.81 bits per heavy atom. The van der Waals surface area contributed by atoms with Gasteiger partial charge in [-0.3, -0.25) is 0 Å². The van der Waals surface area contributed by atoms with Crippen molar-refractivity contribution in [1.29, 1.82) is 0 Å². The van der Waals surface area contributed by atoms with Gasteiger partial charge in [0.25, 0.3) is 0 Å². The van der Waals surface area contributed by atoms with Gasteiger partial charge in [0.2, 0.25) is 0 Å². The highest BCUT2D eigenvalue weighted by molar-refractivity contribution is 9.10. The van der Waals surface area contributed by atoms with Gasteiger partial charge in [-0.2, -0.15) is 0 Å². The van der Waals surface area contributed by atoms with Crippen LogP contribution < -0.4 is 9.47 Å². The third-order valence-electron chi connectivity index (χ3n) is 5.42. The number of hydrogen-bond donors (Lipinski definition) is 0. The van der Waals surface area contributed by atoms with Gasteiger partial charge >= 0.3 is 0 Å². The van der Waals surface area contributed by atoms with Gasteiger partial charge in [-0.05, 0) is 43.2 Å². The zero-order valence-electron chi connectivity index (χ0n) is 14.5. The molecular weight excluding hydrogens is 392 g/mol. The lowest BCUT2D eigenvalue weighted by Crippen LogP contribution is -2.26. The van der Waals surface area contributed by atoms with Crippen LogP contribution in [0.3, 0.4) is 0 Å². The van der Waals surface area contributed by atoms with Gasteiger partial charge in [-0.15, -0.1) is 0 Å². The van der Waals surface area contributed by atoms with Crippen molar-refractivity contribution < 1.29 is 9.47 Å². The van der Waals surface area contributed by atoms with Crippen molar-refractivity contribution in [3.8, 4) is 11.5 Å². The maximum atomic E-state index is 6.29. The molecule has 1 saturated carbocycles. The first-order chi connectivity index (χ1) is 12.8. The van der Waals surface area contributed by atoms with Gasteiger partial charge < -0.3 is 14.0 Å². The maximum Gasteiger partial charge on any atom is 0.190 e. The van der Waals surface area contributed by atoms with E-state index in [4.69, 9.17) is 14.5 Å². The standard InChI is InChI=1S/C21H21BrN2O2/c22-14-10-11-16-17(12-14)24(15-6-2-1-3-7-15)21(23-16)20-13-25-18-8-4-5-9-19(18)26-20/h4-5,8-12,15,20H,1-3,6-7,13H2. The fourth-order valence-corrected chi connectivity index (χ4v) is 4.53. The van der Waals surface area contributed by atoms with Gasteiger partial charge in [0.1, 0.15) is 6.61 Å². The van der Waals surface area contributed by atoms with Crippen LogP contribution >= 0.6 is 15.9 Å². The normalized spacial score (nSPS) is 20.4. The molecule has 0 N–H and O–H groups in total. The first kappa shape index (κ1) is 16.2. The van der Waals surface area contributed by atoms with Crippen LogP contribution in [0.15, 0.2) is 46.9 Å². The van der Waals surface area contributed by atoms with Crippen LogP contribution in [0, 0.1) is 0 Å². The van der Waals surface area contributed by atoms with Crippen molar-refractivity contribution in [2.24, 2.45) is 0 Å². The van der Waals surface area contributed by atoms with Gasteiger partial charge in [0, 0.05) is 10.5 Å². The average molecular weight is 413 g/mol. The molecule has 4 nitrogen and oxygen atoms in total. The lowest BCUT2D eigenvalue weighted by atomic mass is 9.95. The summed E-state index contributed by atoms with van der Waals surface area (Å²) >= 11 is 3.62. The van der Waals surface area contributed by atoms with Gasteiger partial charge in [0.05, 0.1) is 11.0 Å². The van der Waals surface area contributed by atoms with Crippen LogP contribution in [0.1, 0.15) is 50.1 Å². The third kappa shape index (κ3) is 2.78. The van der Waals surface area contributed by atoms with Crippen LogP contribution in [0.5, 0.6) is 11.5 Å². The van der Waals surface area contributed by atoms with Gasteiger partial charge in [0.15, 0.2) is 23.4 Å². The monoisotopic (exact) mass is 412 g/mol. The molecule has 1 aliphatic carbocycles. The summed E-state index contributed by atoms with van der Waals surface area (Å²) in [6.07, 6.45) is 6.12. The van der Waals surface area contributed by atoms with Crippen molar-refractivity contribution in [2.75, 3.05) is 6.61 Å². The molecule has 1 fully saturated rings. The van der Waals surface area contributed by atoms with E-state index in [0.29, 0.717) is 12.6 Å². The molecule has 1 aliphatic heterocycles. The summed E-state index contributed by atoms with van der Waals surface area (Å²) in [7, 11) is 0. The van der Waals surface area contributed by atoms with Gasteiger partial charge in [-0.1, -0.05) is 47.3 Å². The molecule has 134 valence electrons. The minimum atomic E-state index is -0.182. The topological polar surface area (TPSA) is 36.3 Å². The largest absolute Gasteiger partial charge is 0.485 e. The molecule has 0 bridgehead atoms. The number of aromatic nitrogens is 2.